The zero-order valence-electron chi connectivity index (χ0n) is 76.9. The Bertz CT molecular complexity index is 3990. The van der Waals surface area contributed by atoms with Crippen LogP contribution in [-0.4, -0.2) is 632 Å². The third kappa shape index (κ3) is 27.3. The van der Waals surface area contributed by atoms with E-state index in [-0.39, 0.29) is 0 Å². The maximum Gasteiger partial charge on any atom is 0.364 e. The number of aliphatic hydroxyl groups is 33. The number of ether oxygens (including phenoxy) is 20. The summed E-state index contributed by atoms with van der Waals surface area (Å²) in [6, 6.07) is -9.87. The van der Waals surface area contributed by atoms with Gasteiger partial charge in [0.05, 0.1) is 97.5 Å². The maximum absolute atomic E-state index is 13.2. The van der Waals surface area contributed by atoms with Crippen LogP contribution in [0.25, 0.3) is 0 Å². The lowest BCUT2D eigenvalue weighted by atomic mass is 9.88. The van der Waals surface area contributed by atoms with E-state index in [1.165, 1.54) is 0 Å². The molecule has 65 nitrogen and oxygen atoms in total. The van der Waals surface area contributed by atoms with Gasteiger partial charge in [-0.2, -0.15) is 0 Å². The Morgan fingerprint density at radius 2 is 0.667 bits per heavy atom. The van der Waals surface area contributed by atoms with Crippen LogP contribution < -0.4 is 26.6 Å². The van der Waals surface area contributed by atoms with Crippen molar-refractivity contribution in [2.45, 2.75) is 371 Å². The maximum atomic E-state index is 13.2. The van der Waals surface area contributed by atoms with Crippen LogP contribution >= 0.6 is 0 Å². The number of amides is 5. The second-order valence-corrected chi connectivity index (χ2v) is 35.8. The van der Waals surface area contributed by atoms with Crippen molar-refractivity contribution in [1.29, 1.82) is 0 Å². The molecule has 10 aliphatic rings. The first-order chi connectivity index (χ1) is 68.0. The fourth-order valence-corrected chi connectivity index (χ4v) is 18.0. The summed E-state index contributed by atoms with van der Waals surface area (Å²) >= 11 is 0. The molecule has 0 aromatic rings. The van der Waals surface area contributed by atoms with Crippen molar-refractivity contribution in [3.05, 3.63) is 0 Å². The molecule has 0 bridgehead atoms. The first-order valence-corrected chi connectivity index (χ1v) is 45.4. The number of carbonyl (C=O) groups is 6. The van der Waals surface area contributed by atoms with E-state index in [4.69, 9.17) is 94.7 Å². The van der Waals surface area contributed by atoms with Crippen molar-refractivity contribution >= 4 is 35.5 Å². The van der Waals surface area contributed by atoms with Gasteiger partial charge in [-0.25, -0.2) is 4.79 Å². The Hall–Kier alpha value is -5.30. The van der Waals surface area contributed by atoms with Gasteiger partial charge in [0.2, 0.25) is 29.5 Å². The Kier molecular flexibility index (Phi) is 44.6. The van der Waals surface area contributed by atoms with Crippen molar-refractivity contribution < 1.29 is 297 Å². The molecule has 10 rings (SSSR count). The van der Waals surface area contributed by atoms with Gasteiger partial charge in [-0.05, 0) is 0 Å². The molecule has 65 heteroatoms. The third-order valence-corrected chi connectivity index (χ3v) is 25.7. The van der Waals surface area contributed by atoms with Crippen LogP contribution in [0.5, 0.6) is 0 Å². The molecule has 144 heavy (non-hydrogen) atoms. The summed E-state index contributed by atoms with van der Waals surface area (Å²) in [5.74, 6) is -10.5. The lowest BCUT2D eigenvalue weighted by Crippen LogP contribution is -2.70. The highest BCUT2D eigenvalue weighted by atomic mass is 16.8. The molecular weight excluding hydrogens is 1980 g/mol. The second kappa shape index (κ2) is 53.3. The predicted molar refractivity (Wildman–Crippen MR) is 441 cm³/mol. The highest BCUT2D eigenvalue weighted by Crippen LogP contribution is 2.43. The molecule has 10 heterocycles. The van der Waals surface area contributed by atoms with Gasteiger partial charge in [0.25, 0.3) is 5.79 Å². The number of carbonyl (C=O) groups excluding carboxylic acids is 5. The fourth-order valence-electron chi connectivity index (χ4n) is 18.0. The Balaban J connectivity index is 0.959. The summed E-state index contributed by atoms with van der Waals surface area (Å²) in [6.45, 7) is -12.4. The van der Waals surface area contributed by atoms with Crippen LogP contribution in [0, 0.1) is 0 Å². The lowest BCUT2D eigenvalue weighted by Gasteiger charge is -2.51. The van der Waals surface area contributed by atoms with Gasteiger partial charge < -0.3 is 295 Å². The minimum absolute atomic E-state index is 0.849. The number of carboxylic acids is 1. The molecule has 10 fully saturated rings. The smallest absolute Gasteiger partial charge is 0.364 e. The minimum atomic E-state index is -3.18. The van der Waals surface area contributed by atoms with E-state index >= 15 is 0 Å². The molecule has 0 radical (unpaired) electrons. The Morgan fingerprint density at radius 1 is 0.326 bits per heavy atom. The first-order valence-electron chi connectivity index (χ1n) is 45.4. The number of hydrogen-bond donors (Lipinski definition) is 39. The molecule has 55 atom stereocenters. The average Bonchev–Trinajstić information content (AvgIpc) is 0.762. The van der Waals surface area contributed by atoms with Crippen molar-refractivity contribution in [2.24, 2.45) is 0 Å². The fraction of sp³-hybridized carbons (Fsp3) is 0.924. The van der Waals surface area contributed by atoms with Gasteiger partial charge in [-0.3, -0.25) is 24.0 Å². The van der Waals surface area contributed by atoms with Gasteiger partial charge >= 0.3 is 5.97 Å². The molecule has 10 aliphatic heterocycles. The van der Waals surface area contributed by atoms with Crippen LogP contribution in [0.3, 0.4) is 0 Å². The van der Waals surface area contributed by atoms with Gasteiger partial charge in [0.1, 0.15) is 263 Å². The summed E-state index contributed by atoms with van der Waals surface area (Å²) in [4.78, 5) is 77.1. The van der Waals surface area contributed by atoms with Crippen LogP contribution in [0.2, 0.25) is 0 Å². The summed E-state index contributed by atoms with van der Waals surface area (Å²) in [6.07, 6.45) is -112. The van der Waals surface area contributed by atoms with Gasteiger partial charge in [-0.1, -0.05) is 0 Å². The predicted octanol–water partition coefficient (Wildman–Crippen LogP) is -26.4. The average molecular weight is 2110 g/mol. The van der Waals surface area contributed by atoms with Crippen LogP contribution in [-0.2, 0) is 124 Å². The number of aliphatic hydroxyl groups excluding tert-OH is 33. The number of aliphatic carboxylic acids is 1. The third-order valence-electron chi connectivity index (χ3n) is 25.7. The molecule has 834 valence electrons. The monoisotopic (exact) mass is 2110 g/mol. The quantitative estimate of drug-likeness (QED) is 0.0269. The van der Waals surface area contributed by atoms with Crippen molar-refractivity contribution in [3.8, 4) is 0 Å². The topological polar surface area (TPSA) is 1030 Å². The zero-order valence-corrected chi connectivity index (χ0v) is 76.9. The van der Waals surface area contributed by atoms with Crippen molar-refractivity contribution in [1.82, 2.24) is 26.6 Å². The molecule has 0 aromatic heterocycles. The van der Waals surface area contributed by atoms with Crippen molar-refractivity contribution in [3.63, 3.8) is 0 Å². The first kappa shape index (κ1) is 121. The second-order valence-electron chi connectivity index (χ2n) is 35.8. The molecule has 39 N–H and O–H groups in total. The number of nitrogens with one attached hydrogen (secondary N) is 5. The summed E-state index contributed by atoms with van der Waals surface area (Å²) in [5.41, 5.74) is 0. The molecule has 0 aromatic carbocycles. The van der Waals surface area contributed by atoms with E-state index in [0.717, 1.165) is 27.7 Å². The lowest BCUT2D eigenvalue weighted by molar-refractivity contribution is -0.400. The van der Waals surface area contributed by atoms with E-state index in [9.17, 15) is 202 Å². The van der Waals surface area contributed by atoms with Gasteiger partial charge in [0, 0.05) is 34.1 Å². The number of hydrogen-bond acceptors (Lipinski definition) is 59. The number of carboxylic acid groups (broad SMARTS) is 1. The molecule has 0 unspecified atom stereocenters. The molecule has 0 spiro atoms. The minimum Gasteiger partial charge on any atom is -0.477 e. The van der Waals surface area contributed by atoms with E-state index in [1.807, 2.05) is 0 Å². The van der Waals surface area contributed by atoms with E-state index in [1.54, 1.807) is 0 Å². The Labute approximate surface area is 813 Å². The summed E-state index contributed by atoms with van der Waals surface area (Å²) < 4.78 is 118. The zero-order chi connectivity index (χ0) is 107. The van der Waals surface area contributed by atoms with Crippen LogP contribution in [0.4, 0.5) is 0 Å². The molecule has 0 aliphatic carbocycles. The van der Waals surface area contributed by atoms with E-state index in [0.29, 0.717) is 0 Å². The van der Waals surface area contributed by atoms with E-state index in [2.05, 4.69) is 26.6 Å². The van der Waals surface area contributed by atoms with Gasteiger partial charge in [0.15, 0.2) is 56.6 Å². The molecule has 10 saturated heterocycles. The SMILES string of the molecule is CC(=O)N[C@H]1[C@H](O[C@@H]([C@H](O)[C@H](CO)NC(C)=O)[C@H](O)CO)O[C@H](CO)[C@@H](O[C@@H]2O[C@H](CO[C@H]3O[C@H](CO)[C@@H](O)[C@H](O)[C@@H]3O[C@@H]3O[C@H](CO)[C@@H](O[C@@H]4O[C@H](CO[C@]5(C(=O)O)C[C@H](O)[C@@H](NC(=O)CO)[C@H]([C@H](O)[C@H](O)CO)O5)[C@H](O)[C@H](O)[C@H]4O)[C@H](O)[C@H]3NC(C)=O)[C@@H](O)[C@H](O[C@H]3O[C@H](CO)[C@@H](O)[C@H](O)[C@@H]3O[C@@H]3O[C@H](CO)[C@@H](O[C@@H]4O[C@H](CO)[C@H](O)[C@H](O[C@H]5O[C@H](CO)[C@H](O)[C@H](O)[C@H]5O)[C@H]4O)[C@H](O)[C@H]3NC(C)=O)[C@@H]2O)[C@@H]1O. The van der Waals surface area contributed by atoms with Crippen LogP contribution in [0.1, 0.15) is 34.1 Å². The number of rotatable bonds is 44. The highest BCUT2D eigenvalue weighted by molar-refractivity contribution is 5.78. The van der Waals surface area contributed by atoms with Crippen molar-refractivity contribution in [2.75, 3.05) is 85.9 Å². The van der Waals surface area contributed by atoms with Crippen LogP contribution in [0.15, 0.2) is 0 Å². The molecule has 5 amide bonds. The standard InChI is InChI=1S/C79H133N5O60/c1-19(96)80-23(6-85)41(104)60(26(102)8-87)136-69-38(81-20(2)97)49(112)63(32(14-93)131-69)139-75-59(122)66(141-77-68(55(118)45(108)29(11-90)130-77)143-71-40(83-22(4)99)51(114)62(33(15-94)133-71)138-74-58(121)65(47(110)30(12-91)128-74)140-72-56(119)52(115)43(106)27(9-88)127-72)48(111)34(134-75)17-125-76-67(54(117)44(107)28(10-89)129-76)142-70-39(82-21(3)98)50(113)61(31(13-92)132-70)137-73-57(120)53(116)46(109)35(135-73)18-126-79(78(123)124)5-24(100)37(84-36(103)16-95)64(144-79)42(105)25(101)7-86/h23-35,37-77,85-95,100-102,104-122H,5-18H2,1-4H3,(H,80,96)(H,81,97)(H,82,98)(H,83,99)(H,84,103)(H,123,124)/t23-,24-,25+,26+,27+,28+,29+,30+,31+,32+,33+,34+,35+,37+,38+,39+,40+,41+,42+,43-,44+,45+,46-,47-,48+,49+,50+,51+,52-,53-,54-,55-,56+,57+,58+,59-,60+,61+,62+,63+,64+,65-,66-,67-,68-,69-,70-,71-,72+,73-,74-,75-,76-,77+,79+/m0/s1. The largest absolute Gasteiger partial charge is 0.477 e. The van der Waals surface area contributed by atoms with Gasteiger partial charge in [-0.15, -0.1) is 0 Å². The van der Waals surface area contributed by atoms with E-state index < -0.39 is 465 Å². The normalized spacial score (nSPS) is 45.2. The molecule has 0 saturated carbocycles. The summed E-state index contributed by atoms with van der Waals surface area (Å²) in [5, 5.41) is 390. The summed E-state index contributed by atoms with van der Waals surface area (Å²) in [7, 11) is 0. The Morgan fingerprint density at radius 3 is 1.07 bits per heavy atom. The highest BCUT2D eigenvalue weighted by Gasteiger charge is 2.64. The molecular formula is C79H133N5O60.